The first-order valence-electron chi connectivity index (χ1n) is 14.4. The standard InChI is InChI=1S/C35H46/c1-5-7-9-11-12-14-24-35(30-20-18-29(19-21-30)15-13-10-8-6-2)33-25-27(3)16-22-31(33)32-23-17-28(4)26-34(32)35/h16-23,25-26H,5-15,24H2,1-4H3. The van der Waals surface area contributed by atoms with E-state index >= 15 is 0 Å². The van der Waals surface area contributed by atoms with E-state index in [1.54, 1.807) is 0 Å². The maximum absolute atomic E-state index is 2.49. The van der Waals surface area contributed by atoms with Crippen molar-refractivity contribution in [1.82, 2.24) is 0 Å². The van der Waals surface area contributed by atoms with Gasteiger partial charge in [-0.1, -0.05) is 143 Å². The highest BCUT2D eigenvalue weighted by atomic mass is 14.5. The highest BCUT2D eigenvalue weighted by Crippen LogP contribution is 2.55. The Bertz CT molecular complexity index is 1030. The summed E-state index contributed by atoms with van der Waals surface area (Å²) in [5.74, 6) is 0. The van der Waals surface area contributed by atoms with Crippen molar-refractivity contribution in [2.24, 2.45) is 0 Å². The lowest BCUT2D eigenvalue weighted by molar-refractivity contribution is 0.506. The Balaban J connectivity index is 1.72. The van der Waals surface area contributed by atoms with E-state index in [1.165, 1.54) is 122 Å². The molecule has 0 atom stereocenters. The molecule has 1 aliphatic rings. The van der Waals surface area contributed by atoms with Gasteiger partial charge in [-0.15, -0.1) is 0 Å². The summed E-state index contributed by atoms with van der Waals surface area (Å²) in [5, 5.41) is 0. The van der Waals surface area contributed by atoms with Crippen molar-refractivity contribution < 1.29 is 0 Å². The predicted molar refractivity (Wildman–Crippen MR) is 154 cm³/mol. The number of fused-ring (bicyclic) bond motifs is 3. The van der Waals surface area contributed by atoms with Crippen LogP contribution in [-0.4, -0.2) is 0 Å². The van der Waals surface area contributed by atoms with Gasteiger partial charge >= 0.3 is 0 Å². The molecule has 3 aromatic carbocycles. The molecule has 0 aromatic heterocycles. The molecule has 0 aliphatic heterocycles. The van der Waals surface area contributed by atoms with Gasteiger partial charge in [0.05, 0.1) is 0 Å². The molecule has 1 aliphatic carbocycles. The maximum atomic E-state index is 2.49. The number of benzene rings is 3. The molecule has 0 bridgehead atoms. The molecular formula is C35H46. The largest absolute Gasteiger partial charge is 0.0654 e. The molecule has 0 spiro atoms. The van der Waals surface area contributed by atoms with Crippen LogP contribution in [0.3, 0.4) is 0 Å². The van der Waals surface area contributed by atoms with E-state index in [-0.39, 0.29) is 5.41 Å². The quantitative estimate of drug-likeness (QED) is 0.220. The molecule has 3 aromatic rings. The Morgan fingerprint density at radius 2 is 1.06 bits per heavy atom. The zero-order valence-corrected chi connectivity index (χ0v) is 22.8. The van der Waals surface area contributed by atoms with Gasteiger partial charge in [0.25, 0.3) is 0 Å². The van der Waals surface area contributed by atoms with Crippen LogP contribution in [0.1, 0.15) is 118 Å². The van der Waals surface area contributed by atoms with Crippen LogP contribution in [0.2, 0.25) is 0 Å². The van der Waals surface area contributed by atoms with Crippen molar-refractivity contribution in [3.8, 4) is 11.1 Å². The third-order valence-electron chi connectivity index (χ3n) is 8.23. The van der Waals surface area contributed by atoms with Crippen molar-refractivity contribution in [2.45, 2.75) is 110 Å². The van der Waals surface area contributed by atoms with Gasteiger partial charge in [0, 0.05) is 5.41 Å². The van der Waals surface area contributed by atoms with Crippen LogP contribution < -0.4 is 0 Å². The van der Waals surface area contributed by atoms with Gasteiger partial charge in [-0.3, -0.25) is 0 Å². The topological polar surface area (TPSA) is 0 Å². The highest BCUT2D eigenvalue weighted by Gasteiger charge is 2.44. The third kappa shape index (κ3) is 5.58. The lowest BCUT2D eigenvalue weighted by atomic mass is 9.68. The number of aryl methyl sites for hydroxylation is 3. The molecule has 0 heteroatoms. The maximum Gasteiger partial charge on any atom is 0.0463 e. The van der Waals surface area contributed by atoms with E-state index < -0.39 is 0 Å². The monoisotopic (exact) mass is 466 g/mol. The Morgan fingerprint density at radius 1 is 0.543 bits per heavy atom. The van der Waals surface area contributed by atoms with E-state index in [0.29, 0.717) is 0 Å². The molecule has 35 heavy (non-hydrogen) atoms. The molecule has 0 heterocycles. The third-order valence-corrected chi connectivity index (χ3v) is 8.23. The predicted octanol–water partition coefficient (Wildman–Crippen LogP) is 10.5. The Morgan fingerprint density at radius 3 is 1.63 bits per heavy atom. The average Bonchev–Trinajstić information content (AvgIpc) is 3.13. The minimum atomic E-state index is -0.0335. The van der Waals surface area contributed by atoms with Crippen molar-refractivity contribution in [3.05, 3.63) is 94.0 Å². The minimum absolute atomic E-state index is 0.0335. The van der Waals surface area contributed by atoms with Gasteiger partial charge in [0.15, 0.2) is 0 Å². The summed E-state index contributed by atoms with van der Waals surface area (Å²) in [7, 11) is 0. The van der Waals surface area contributed by atoms with Crippen molar-refractivity contribution in [1.29, 1.82) is 0 Å². The number of rotatable bonds is 13. The van der Waals surface area contributed by atoms with E-state index in [2.05, 4.69) is 88.4 Å². The van der Waals surface area contributed by atoms with Crippen LogP contribution >= 0.6 is 0 Å². The molecule has 0 saturated heterocycles. The first-order chi connectivity index (χ1) is 17.1. The molecular weight excluding hydrogens is 420 g/mol. The Labute approximate surface area is 215 Å². The Kier molecular flexibility index (Phi) is 8.88. The molecule has 0 nitrogen and oxygen atoms in total. The smallest absolute Gasteiger partial charge is 0.0463 e. The summed E-state index contributed by atoms with van der Waals surface area (Å²) in [6, 6.07) is 24.1. The van der Waals surface area contributed by atoms with Crippen LogP contribution in [0.4, 0.5) is 0 Å². The van der Waals surface area contributed by atoms with Gasteiger partial charge in [-0.25, -0.2) is 0 Å². The highest BCUT2D eigenvalue weighted by molar-refractivity contribution is 5.84. The average molecular weight is 467 g/mol. The SMILES string of the molecule is CCCCCCCCC1(c2ccc(CCCCCC)cc2)c2cc(C)ccc2-c2ccc(C)cc21. The fourth-order valence-corrected chi connectivity index (χ4v) is 6.24. The lowest BCUT2D eigenvalue weighted by Gasteiger charge is -2.34. The zero-order chi connectivity index (χ0) is 24.7. The van der Waals surface area contributed by atoms with Crippen molar-refractivity contribution in [2.75, 3.05) is 0 Å². The molecule has 0 fully saturated rings. The van der Waals surface area contributed by atoms with Crippen LogP contribution in [0.25, 0.3) is 11.1 Å². The van der Waals surface area contributed by atoms with Crippen LogP contribution in [0.5, 0.6) is 0 Å². The summed E-state index contributed by atoms with van der Waals surface area (Å²) >= 11 is 0. The van der Waals surface area contributed by atoms with Crippen molar-refractivity contribution in [3.63, 3.8) is 0 Å². The zero-order valence-electron chi connectivity index (χ0n) is 22.8. The fourth-order valence-electron chi connectivity index (χ4n) is 6.24. The van der Waals surface area contributed by atoms with Gasteiger partial charge in [0.1, 0.15) is 0 Å². The first-order valence-corrected chi connectivity index (χ1v) is 14.4. The molecule has 186 valence electrons. The second-order valence-electron chi connectivity index (χ2n) is 11.0. The van der Waals surface area contributed by atoms with E-state index in [1.807, 2.05) is 0 Å². The number of unbranched alkanes of at least 4 members (excludes halogenated alkanes) is 8. The molecule has 0 N–H and O–H groups in total. The normalized spacial score (nSPS) is 13.6. The van der Waals surface area contributed by atoms with Crippen molar-refractivity contribution >= 4 is 0 Å². The van der Waals surface area contributed by atoms with Crippen LogP contribution in [0.15, 0.2) is 60.7 Å². The number of hydrogen-bond donors (Lipinski definition) is 0. The summed E-state index contributed by atoms with van der Waals surface area (Å²) in [5.41, 5.74) is 11.6. The van der Waals surface area contributed by atoms with E-state index in [9.17, 15) is 0 Å². The van der Waals surface area contributed by atoms with Gasteiger partial charge < -0.3 is 0 Å². The molecule has 0 saturated carbocycles. The summed E-state index contributed by atoms with van der Waals surface area (Å²) in [6.45, 7) is 9.10. The second kappa shape index (κ2) is 12.1. The molecule has 0 amide bonds. The second-order valence-corrected chi connectivity index (χ2v) is 11.0. The molecule has 4 rings (SSSR count). The molecule has 0 unspecified atom stereocenters. The van der Waals surface area contributed by atoms with E-state index in [4.69, 9.17) is 0 Å². The first kappa shape index (κ1) is 25.7. The van der Waals surface area contributed by atoms with Crippen LogP contribution in [0, 0.1) is 13.8 Å². The fraction of sp³-hybridized carbons (Fsp3) is 0.486. The number of hydrogen-bond acceptors (Lipinski definition) is 0. The summed E-state index contributed by atoms with van der Waals surface area (Å²) < 4.78 is 0. The Hall–Kier alpha value is -2.34. The summed E-state index contributed by atoms with van der Waals surface area (Å²) in [6.07, 6.45) is 15.7. The van der Waals surface area contributed by atoms with Crippen LogP contribution in [-0.2, 0) is 11.8 Å². The lowest BCUT2D eigenvalue weighted by Crippen LogP contribution is -2.27. The van der Waals surface area contributed by atoms with Gasteiger partial charge in [-0.2, -0.15) is 0 Å². The minimum Gasteiger partial charge on any atom is -0.0654 e. The van der Waals surface area contributed by atoms with Gasteiger partial charge in [-0.05, 0) is 66.5 Å². The van der Waals surface area contributed by atoms with E-state index in [0.717, 1.165) is 0 Å². The van der Waals surface area contributed by atoms with Gasteiger partial charge in [0.2, 0.25) is 0 Å². The molecule has 0 radical (unpaired) electrons. The summed E-state index contributed by atoms with van der Waals surface area (Å²) in [4.78, 5) is 0.